The summed E-state index contributed by atoms with van der Waals surface area (Å²) in [7, 11) is -3.78. The highest BCUT2D eigenvalue weighted by molar-refractivity contribution is 7.90. The van der Waals surface area contributed by atoms with Crippen molar-refractivity contribution in [2.45, 2.75) is 225 Å². The smallest absolute Gasteiger partial charge is 0.326 e. The van der Waals surface area contributed by atoms with Crippen molar-refractivity contribution in [2.24, 2.45) is 5.92 Å². The molecule has 372 valence electrons. The van der Waals surface area contributed by atoms with Gasteiger partial charge in [-0.3, -0.25) is 33.5 Å². The first-order valence-electron chi connectivity index (χ1n) is 24.5. The summed E-state index contributed by atoms with van der Waals surface area (Å²) in [5.74, 6) is -4.61. The number of carboxylic acids is 2. The molecular weight excluding hydrogens is 859 g/mol. The zero-order chi connectivity index (χ0) is 48.0. The average molecular weight is 940 g/mol. The Bertz CT molecular complexity index is 1610. The van der Waals surface area contributed by atoms with Gasteiger partial charge in [0.2, 0.25) is 27.7 Å². The Balaban J connectivity index is 1.96. The number of nitrogens with one attached hydrogen (secondary N) is 4. The number of carbonyl (C=O) groups is 7. The van der Waals surface area contributed by atoms with Gasteiger partial charge in [0.25, 0.3) is 0 Å². The van der Waals surface area contributed by atoms with Crippen LogP contribution in [0.2, 0.25) is 0 Å². The number of aliphatic carboxylic acids is 2. The van der Waals surface area contributed by atoms with E-state index in [1.807, 2.05) is 0 Å². The van der Waals surface area contributed by atoms with Crippen LogP contribution < -0.4 is 15.4 Å². The lowest BCUT2D eigenvalue weighted by atomic mass is 9.94. The summed E-state index contributed by atoms with van der Waals surface area (Å²) in [5, 5.41) is 38.0. The number of rotatable bonds is 45. The topological polar surface area (TPSA) is 285 Å². The molecule has 0 unspecified atom stereocenters. The van der Waals surface area contributed by atoms with Crippen molar-refractivity contribution >= 4 is 51.2 Å². The molecule has 65 heavy (non-hydrogen) atoms. The highest BCUT2D eigenvalue weighted by Crippen LogP contribution is 2.17. The van der Waals surface area contributed by atoms with E-state index in [-0.39, 0.29) is 87.4 Å². The van der Waals surface area contributed by atoms with Crippen molar-refractivity contribution in [3.63, 3.8) is 0 Å². The van der Waals surface area contributed by atoms with E-state index < -0.39 is 45.7 Å². The molecule has 0 saturated carbocycles. The number of Topliss-reactive ketones (excluding diaryl/α,β-unsaturated/α-hetero) is 2. The SMILES string of the molecule is CCC(=O)CC[C@H](NC(=O)CC[C@H](CC(=O)CCCCCCCCCCCNC(=O)CCCS(=O)(=O)NC(=O)CCCCCCCCCCCCCCCc1nn[nH]n1)C(=O)O)C(=O)O. The standard InChI is InChI=1S/C46H81N7O11S/c1-2-38(54)31-32-40(46(61)62)48-43(57)33-30-37(45(59)60)36-39(55)26-21-17-13-9-8-12-16-20-24-34-47-42(56)29-25-35-65(63,64)51-44(58)28-23-19-15-11-7-5-3-4-6-10-14-18-22-27-41-49-52-53-50-41/h37,40H,2-36H2,1H3,(H,47,56)(H,48,57)(H,51,58)(H,59,60)(H,61,62)(H,49,50,52,53)/t37-,40+/m1/s1. The van der Waals surface area contributed by atoms with E-state index >= 15 is 0 Å². The maximum Gasteiger partial charge on any atom is 0.326 e. The first-order valence-corrected chi connectivity index (χ1v) is 26.2. The lowest BCUT2D eigenvalue weighted by Crippen LogP contribution is -2.41. The lowest BCUT2D eigenvalue weighted by molar-refractivity contribution is -0.145. The Hall–Kier alpha value is -4.29. The Labute approximate surface area is 387 Å². The van der Waals surface area contributed by atoms with Crippen LogP contribution in [0.1, 0.15) is 218 Å². The van der Waals surface area contributed by atoms with E-state index in [0.717, 1.165) is 89.3 Å². The monoisotopic (exact) mass is 940 g/mol. The molecule has 0 aliphatic rings. The summed E-state index contributed by atoms with van der Waals surface area (Å²) in [6, 6.07) is -1.24. The molecule has 0 aromatic carbocycles. The van der Waals surface area contributed by atoms with E-state index in [9.17, 15) is 52.2 Å². The fraction of sp³-hybridized carbons (Fsp3) is 0.826. The van der Waals surface area contributed by atoms with Gasteiger partial charge in [-0.25, -0.2) is 13.2 Å². The summed E-state index contributed by atoms with van der Waals surface area (Å²) < 4.78 is 26.8. The quantitative estimate of drug-likeness (QED) is 0.0352. The molecule has 0 aliphatic heterocycles. The summed E-state index contributed by atoms with van der Waals surface area (Å²) >= 11 is 0. The van der Waals surface area contributed by atoms with E-state index in [0.29, 0.717) is 19.4 Å². The molecule has 0 saturated heterocycles. The number of aryl methyl sites for hydroxylation is 1. The largest absolute Gasteiger partial charge is 0.481 e. The maximum atomic E-state index is 12.4. The Morgan fingerprint density at radius 1 is 0.569 bits per heavy atom. The molecule has 1 aromatic heterocycles. The Morgan fingerprint density at radius 3 is 1.62 bits per heavy atom. The van der Waals surface area contributed by atoms with E-state index in [4.69, 9.17) is 0 Å². The van der Waals surface area contributed by atoms with Crippen LogP contribution in [0.25, 0.3) is 0 Å². The van der Waals surface area contributed by atoms with Gasteiger partial charge in [0.1, 0.15) is 17.6 Å². The normalized spacial score (nSPS) is 12.3. The number of tetrazole rings is 1. The highest BCUT2D eigenvalue weighted by Gasteiger charge is 2.25. The molecule has 0 aliphatic carbocycles. The molecular formula is C46H81N7O11S. The van der Waals surface area contributed by atoms with Crippen molar-refractivity contribution in [1.82, 2.24) is 36.0 Å². The number of aromatic nitrogens is 4. The second kappa shape index (κ2) is 37.9. The van der Waals surface area contributed by atoms with E-state index in [2.05, 4.69) is 36.0 Å². The van der Waals surface area contributed by atoms with Gasteiger partial charge >= 0.3 is 11.9 Å². The molecule has 0 radical (unpaired) electrons. The summed E-state index contributed by atoms with van der Waals surface area (Å²) in [6.07, 6.45) is 24.3. The predicted octanol–water partition coefficient (Wildman–Crippen LogP) is 7.22. The third-order valence-electron chi connectivity index (χ3n) is 11.5. The number of nitrogens with zero attached hydrogens (tertiary/aromatic N) is 3. The molecule has 3 amide bonds. The van der Waals surface area contributed by atoms with Gasteiger partial charge in [-0.15, -0.1) is 10.2 Å². The van der Waals surface area contributed by atoms with Gasteiger partial charge < -0.3 is 20.8 Å². The predicted molar refractivity (Wildman–Crippen MR) is 247 cm³/mol. The maximum absolute atomic E-state index is 12.4. The molecule has 2 atom stereocenters. The average Bonchev–Trinajstić information content (AvgIpc) is 3.78. The number of H-pyrrole nitrogens is 1. The number of carbonyl (C=O) groups excluding carboxylic acids is 5. The number of amides is 3. The molecule has 0 fully saturated rings. The minimum absolute atomic E-state index is 0.0202. The molecule has 6 N–H and O–H groups in total. The second-order valence-corrected chi connectivity index (χ2v) is 19.2. The Morgan fingerprint density at radius 2 is 1.09 bits per heavy atom. The number of hydrogen-bond acceptors (Lipinski definition) is 12. The minimum atomic E-state index is -3.78. The van der Waals surface area contributed by atoms with Gasteiger partial charge in [0.15, 0.2) is 5.82 Å². The molecule has 18 nitrogen and oxygen atoms in total. The fourth-order valence-electron chi connectivity index (χ4n) is 7.50. The Kier molecular flexibility index (Phi) is 34.2. The zero-order valence-corrected chi connectivity index (χ0v) is 40.0. The molecule has 1 heterocycles. The summed E-state index contributed by atoms with van der Waals surface area (Å²) in [4.78, 5) is 83.7. The summed E-state index contributed by atoms with van der Waals surface area (Å²) in [6.45, 7) is 2.18. The third kappa shape index (κ3) is 34.7. The van der Waals surface area contributed by atoms with Crippen molar-refractivity contribution in [1.29, 1.82) is 0 Å². The number of sulfonamides is 1. The van der Waals surface area contributed by atoms with Crippen LogP contribution in [0.3, 0.4) is 0 Å². The number of hydrogen-bond donors (Lipinski definition) is 6. The molecule has 1 rings (SSSR count). The van der Waals surface area contributed by atoms with Gasteiger partial charge in [-0.05, 0) is 44.9 Å². The fourth-order valence-corrected chi connectivity index (χ4v) is 8.58. The number of carboxylic acid groups (broad SMARTS) is 2. The van der Waals surface area contributed by atoms with Crippen molar-refractivity contribution in [2.75, 3.05) is 12.3 Å². The summed E-state index contributed by atoms with van der Waals surface area (Å²) in [5.41, 5.74) is 0. The van der Waals surface area contributed by atoms with E-state index in [1.54, 1.807) is 6.92 Å². The highest BCUT2D eigenvalue weighted by atomic mass is 32.2. The van der Waals surface area contributed by atoms with Crippen LogP contribution in [0.4, 0.5) is 0 Å². The molecule has 19 heteroatoms. The van der Waals surface area contributed by atoms with Crippen LogP contribution in [0, 0.1) is 5.92 Å². The first-order chi connectivity index (χ1) is 31.2. The van der Waals surface area contributed by atoms with E-state index in [1.165, 1.54) is 51.4 Å². The van der Waals surface area contributed by atoms with Crippen LogP contribution in [-0.4, -0.2) is 98.8 Å². The van der Waals surface area contributed by atoms with Crippen molar-refractivity contribution < 1.29 is 52.2 Å². The number of aromatic amines is 1. The number of ketones is 2. The van der Waals surface area contributed by atoms with Gasteiger partial charge in [0, 0.05) is 57.9 Å². The molecule has 0 bridgehead atoms. The van der Waals surface area contributed by atoms with Crippen LogP contribution in [-0.2, 0) is 50.0 Å². The first kappa shape index (κ1) is 58.7. The van der Waals surface area contributed by atoms with Crippen LogP contribution >= 0.6 is 0 Å². The molecule has 1 aromatic rings. The third-order valence-corrected chi connectivity index (χ3v) is 12.9. The van der Waals surface area contributed by atoms with Crippen LogP contribution in [0.15, 0.2) is 0 Å². The molecule has 0 spiro atoms. The van der Waals surface area contributed by atoms with Crippen molar-refractivity contribution in [3.05, 3.63) is 5.82 Å². The van der Waals surface area contributed by atoms with Gasteiger partial charge in [0.05, 0.1) is 11.7 Å². The number of unbranched alkanes of at least 4 members (excludes halogenated alkanes) is 20. The van der Waals surface area contributed by atoms with Crippen molar-refractivity contribution in [3.8, 4) is 0 Å². The van der Waals surface area contributed by atoms with Crippen LogP contribution in [0.5, 0.6) is 0 Å². The van der Waals surface area contributed by atoms with Gasteiger partial charge in [-0.2, -0.15) is 5.21 Å². The van der Waals surface area contributed by atoms with Gasteiger partial charge in [-0.1, -0.05) is 128 Å². The zero-order valence-electron chi connectivity index (χ0n) is 39.2. The minimum Gasteiger partial charge on any atom is -0.481 e. The second-order valence-electron chi connectivity index (χ2n) is 17.4. The lowest BCUT2D eigenvalue weighted by Gasteiger charge is -2.15.